The summed E-state index contributed by atoms with van der Waals surface area (Å²) in [4.78, 5) is 17.1. The van der Waals surface area contributed by atoms with Crippen LogP contribution in [0.1, 0.15) is 51.7 Å². The molecule has 2 N–H and O–H groups in total. The van der Waals surface area contributed by atoms with E-state index >= 15 is 0 Å². The van der Waals surface area contributed by atoms with Gasteiger partial charge in [0.05, 0.1) is 5.69 Å². The average Bonchev–Trinajstić information content (AvgIpc) is 2.77. The van der Waals surface area contributed by atoms with Gasteiger partial charge in [-0.15, -0.1) is 4.99 Å². The Hall–Kier alpha value is -3.14. The minimum Gasteiger partial charge on any atom is -0.369 e. The molecule has 31 heavy (non-hydrogen) atoms. The monoisotopic (exact) mass is 417 g/mol. The molecule has 1 aromatic carbocycles. The largest absolute Gasteiger partial charge is 0.369 e. The number of nitrogens with zero attached hydrogens (tertiary/aromatic N) is 6. The van der Waals surface area contributed by atoms with E-state index < -0.39 is 0 Å². The zero-order valence-electron chi connectivity index (χ0n) is 18.9. The first-order chi connectivity index (χ1) is 14.7. The number of benzene rings is 1. The van der Waals surface area contributed by atoms with Crippen molar-refractivity contribution in [2.24, 2.45) is 10.7 Å². The minimum atomic E-state index is 0.165. The Kier molecular flexibility index (Phi) is 5.34. The first-order valence-electron chi connectivity index (χ1n) is 10.9. The Morgan fingerprint density at radius 1 is 1.03 bits per heavy atom. The van der Waals surface area contributed by atoms with Crippen molar-refractivity contribution in [3.8, 4) is 17.5 Å². The molecule has 1 aromatic heterocycles. The van der Waals surface area contributed by atoms with Crippen LogP contribution >= 0.6 is 0 Å². The molecule has 4 rings (SSSR count). The number of rotatable bonds is 2. The van der Waals surface area contributed by atoms with E-state index in [0.717, 1.165) is 30.3 Å². The molecular formula is C24H31N7. The van der Waals surface area contributed by atoms with E-state index in [0.29, 0.717) is 13.1 Å². The molecule has 1 aliphatic heterocycles. The number of nitrogens with two attached hydrogens (primary N) is 1. The highest BCUT2D eigenvalue weighted by molar-refractivity contribution is 5.79. The molecule has 2 aromatic rings. The lowest BCUT2D eigenvalue weighted by Crippen LogP contribution is -2.51. The van der Waals surface area contributed by atoms with Crippen LogP contribution in [0.5, 0.6) is 0 Å². The van der Waals surface area contributed by atoms with E-state index in [9.17, 15) is 0 Å². The second-order valence-corrected chi connectivity index (χ2v) is 9.81. The van der Waals surface area contributed by atoms with Crippen molar-refractivity contribution in [1.29, 1.82) is 5.26 Å². The molecule has 7 nitrogen and oxygen atoms in total. The van der Waals surface area contributed by atoms with E-state index in [1.54, 1.807) is 6.19 Å². The van der Waals surface area contributed by atoms with Crippen LogP contribution < -0.4 is 10.6 Å². The highest BCUT2D eigenvalue weighted by Crippen LogP contribution is 2.46. The summed E-state index contributed by atoms with van der Waals surface area (Å²) in [6.07, 6.45) is 5.98. The maximum absolute atomic E-state index is 8.70. The number of aliphatic imine (C=N–C) groups is 1. The summed E-state index contributed by atoms with van der Waals surface area (Å²) in [5, 5.41) is 8.70. The Morgan fingerprint density at radius 3 is 2.39 bits per heavy atom. The predicted octanol–water partition coefficient (Wildman–Crippen LogP) is 3.41. The van der Waals surface area contributed by atoms with E-state index in [1.807, 2.05) is 17.2 Å². The normalized spacial score (nSPS) is 20.2. The molecule has 0 bridgehead atoms. The van der Waals surface area contributed by atoms with Gasteiger partial charge in [0.15, 0.2) is 0 Å². The van der Waals surface area contributed by atoms with Gasteiger partial charge in [-0.3, -0.25) is 0 Å². The third kappa shape index (κ3) is 4.07. The molecule has 0 amide bonds. The number of fused-ring (bicyclic) bond motifs is 1. The van der Waals surface area contributed by atoms with Crippen LogP contribution in [-0.4, -0.2) is 47.0 Å². The molecule has 1 aliphatic carbocycles. The maximum atomic E-state index is 8.70. The van der Waals surface area contributed by atoms with Crippen LogP contribution in [0.15, 0.2) is 35.5 Å². The zero-order valence-corrected chi connectivity index (χ0v) is 18.9. The molecule has 0 atom stereocenters. The van der Waals surface area contributed by atoms with Crippen LogP contribution in [0, 0.1) is 11.5 Å². The molecule has 1 saturated heterocycles. The number of hydrogen-bond acceptors (Lipinski definition) is 5. The molecule has 2 heterocycles. The SMILES string of the molecule is CC1(C)CCC(C)(C)c2cc(-c3ccnc(N4CCN(/C(N)=N/C#N)CC4)n3)ccc21. The van der Waals surface area contributed by atoms with Crippen LogP contribution in [0.3, 0.4) is 0 Å². The fraction of sp³-hybridized carbons (Fsp3) is 0.500. The van der Waals surface area contributed by atoms with E-state index in [1.165, 1.54) is 24.0 Å². The summed E-state index contributed by atoms with van der Waals surface area (Å²) in [5.41, 5.74) is 11.2. The maximum Gasteiger partial charge on any atom is 0.225 e. The van der Waals surface area contributed by atoms with Gasteiger partial charge in [0.2, 0.25) is 18.1 Å². The summed E-state index contributed by atoms with van der Waals surface area (Å²) >= 11 is 0. The van der Waals surface area contributed by atoms with Crippen molar-refractivity contribution >= 4 is 11.9 Å². The number of aromatic nitrogens is 2. The molecule has 2 aliphatic rings. The van der Waals surface area contributed by atoms with Crippen LogP contribution in [0.25, 0.3) is 11.3 Å². The molecular weight excluding hydrogens is 386 g/mol. The number of guanidine groups is 1. The smallest absolute Gasteiger partial charge is 0.225 e. The first kappa shape index (κ1) is 21.1. The lowest BCUT2D eigenvalue weighted by Gasteiger charge is -2.42. The molecule has 162 valence electrons. The van der Waals surface area contributed by atoms with Crippen molar-refractivity contribution < 1.29 is 0 Å². The lowest BCUT2D eigenvalue weighted by atomic mass is 9.63. The van der Waals surface area contributed by atoms with Gasteiger partial charge in [-0.1, -0.05) is 39.8 Å². The number of nitriles is 1. The molecule has 0 spiro atoms. The molecule has 0 unspecified atom stereocenters. The van der Waals surface area contributed by atoms with Gasteiger partial charge in [0.1, 0.15) is 0 Å². The molecule has 7 heteroatoms. The second kappa shape index (κ2) is 7.84. The third-order valence-corrected chi connectivity index (χ3v) is 6.84. The first-order valence-corrected chi connectivity index (χ1v) is 10.9. The number of piperazine rings is 1. The van der Waals surface area contributed by atoms with Gasteiger partial charge in [-0.05, 0) is 46.9 Å². The number of hydrogen-bond donors (Lipinski definition) is 1. The van der Waals surface area contributed by atoms with Crippen molar-refractivity contribution in [1.82, 2.24) is 14.9 Å². The summed E-state index contributed by atoms with van der Waals surface area (Å²) in [5.74, 6) is 1.00. The van der Waals surface area contributed by atoms with Gasteiger partial charge in [-0.2, -0.15) is 5.26 Å². The van der Waals surface area contributed by atoms with E-state index in [2.05, 4.69) is 60.8 Å². The summed E-state index contributed by atoms with van der Waals surface area (Å²) in [7, 11) is 0. The summed E-state index contributed by atoms with van der Waals surface area (Å²) in [6.45, 7) is 12.2. The molecule has 1 fully saturated rings. The van der Waals surface area contributed by atoms with E-state index in [4.69, 9.17) is 16.0 Å². The third-order valence-electron chi connectivity index (χ3n) is 6.84. The summed E-state index contributed by atoms with van der Waals surface area (Å²) < 4.78 is 0. The van der Waals surface area contributed by atoms with Gasteiger partial charge < -0.3 is 15.5 Å². The Labute approximate surface area is 184 Å². The standard InChI is InChI=1S/C24H31N7/c1-23(2)8-9-24(3,4)19-15-17(5-6-18(19)23)20-7-10-27-22(29-20)31-13-11-30(12-14-31)21(26)28-16-25/h5-7,10,15H,8-9,11-14H2,1-4H3,(H2,26,28). The zero-order chi connectivity index (χ0) is 22.2. The van der Waals surface area contributed by atoms with Crippen molar-refractivity contribution in [2.75, 3.05) is 31.1 Å². The minimum absolute atomic E-state index is 0.165. The van der Waals surface area contributed by atoms with Gasteiger partial charge in [0.25, 0.3) is 0 Å². The fourth-order valence-corrected chi connectivity index (χ4v) is 4.67. The lowest BCUT2D eigenvalue weighted by molar-refractivity contribution is 0.332. The molecule has 0 radical (unpaired) electrons. The summed E-state index contributed by atoms with van der Waals surface area (Å²) in [6, 6.07) is 8.81. The van der Waals surface area contributed by atoms with Gasteiger partial charge in [0, 0.05) is 37.9 Å². The van der Waals surface area contributed by atoms with Crippen molar-refractivity contribution in [3.05, 3.63) is 41.6 Å². The van der Waals surface area contributed by atoms with Gasteiger partial charge in [-0.25, -0.2) is 9.97 Å². The predicted molar refractivity (Wildman–Crippen MR) is 124 cm³/mol. The highest BCUT2D eigenvalue weighted by Gasteiger charge is 2.37. The Bertz CT molecular complexity index is 1040. The van der Waals surface area contributed by atoms with Crippen molar-refractivity contribution in [3.63, 3.8) is 0 Å². The van der Waals surface area contributed by atoms with Crippen molar-refractivity contribution in [2.45, 2.75) is 51.4 Å². The average molecular weight is 418 g/mol. The number of anilines is 1. The Balaban J connectivity index is 1.59. The van der Waals surface area contributed by atoms with Gasteiger partial charge >= 0.3 is 0 Å². The molecule has 0 saturated carbocycles. The topological polar surface area (TPSA) is 94.4 Å². The second-order valence-electron chi connectivity index (χ2n) is 9.81. The fourth-order valence-electron chi connectivity index (χ4n) is 4.67. The highest BCUT2D eigenvalue weighted by atomic mass is 15.4. The quantitative estimate of drug-likeness (QED) is 0.457. The van der Waals surface area contributed by atoms with Crippen LogP contribution in [0.4, 0.5) is 5.95 Å². The van der Waals surface area contributed by atoms with Crippen LogP contribution in [0.2, 0.25) is 0 Å². The Morgan fingerprint density at radius 2 is 1.71 bits per heavy atom. The van der Waals surface area contributed by atoms with E-state index in [-0.39, 0.29) is 16.8 Å². The van der Waals surface area contributed by atoms with Crippen LogP contribution in [-0.2, 0) is 10.8 Å².